The Balaban J connectivity index is 1.80. The van der Waals surface area contributed by atoms with Gasteiger partial charge in [-0.25, -0.2) is 16.8 Å². The summed E-state index contributed by atoms with van der Waals surface area (Å²) in [7, 11) is -10.8. The largest absolute Gasteiger partial charge is 0.748 e. The molecule has 0 spiro atoms. The first-order valence-electron chi connectivity index (χ1n) is 18.0. The van der Waals surface area contributed by atoms with Crippen LogP contribution in [0.15, 0.2) is 82.3 Å². The molecular formula is C38H49N2O13S3-. The van der Waals surface area contributed by atoms with Crippen LogP contribution in [0.4, 0.5) is 11.4 Å². The number of unbranched alkanes of at least 4 members (excludes halogenated alkanes) is 2. The lowest BCUT2D eigenvalue weighted by atomic mass is 9.76. The predicted octanol–water partition coefficient (Wildman–Crippen LogP) is 4.62. The van der Waals surface area contributed by atoms with Crippen LogP contribution in [0.2, 0.25) is 0 Å². The fourth-order valence-electron chi connectivity index (χ4n) is 7.56. The summed E-state index contributed by atoms with van der Waals surface area (Å²) >= 11 is 0. The summed E-state index contributed by atoms with van der Waals surface area (Å²) in [6.45, 7) is 5.29. The van der Waals surface area contributed by atoms with Crippen molar-refractivity contribution in [1.29, 1.82) is 0 Å². The number of benzene rings is 2. The molecule has 56 heavy (non-hydrogen) atoms. The molecule has 0 aliphatic carbocycles. The van der Waals surface area contributed by atoms with Crippen LogP contribution in [0.1, 0.15) is 69.9 Å². The summed E-state index contributed by atoms with van der Waals surface area (Å²) in [6, 6.07) is 8.51. The van der Waals surface area contributed by atoms with E-state index in [-0.39, 0.29) is 24.2 Å². The average molecular weight is 838 g/mol. The first-order valence-corrected chi connectivity index (χ1v) is 22.4. The Kier molecular flexibility index (Phi) is 14.6. The number of carbonyl (C=O) groups is 1. The maximum absolute atomic E-state index is 12.1. The number of aliphatic carboxylic acids is 1. The number of nitrogens with zero attached hydrogens (tertiary/aromatic N) is 2. The first-order chi connectivity index (χ1) is 26.2. The van der Waals surface area contributed by atoms with Crippen LogP contribution in [-0.4, -0.2) is 107 Å². The Labute approximate surface area is 329 Å². The summed E-state index contributed by atoms with van der Waals surface area (Å²) in [4.78, 5) is 12.4. The van der Waals surface area contributed by atoms with Crippen LogP contribution in [0.3, 0.4) is 0 Å². The molecule has 0 amide bonds. The van der Waals surface area contributed by atoms with Crippen molar-refractivity contribution in [3.8, 4) is 0 Å². The van der Waals surface area contributed by atoms with E-state index in [1.54, 1.807) is 51.5 Å². The molecule has 308 valence electrons. The Hall–Kier alpha value is -3.75. The highest BCUT2D eigenvalue weighted by atomic mass is 32.2. The summed E-state index contributed by atoms with van der Waals surface area (Å²) in [6.07, 6.45) is 11.2. The summed E-state index contributed by atoms with van der Waals surface area (Å²) < 4.78 is 118. The lowest BCUT2D eigenvalue weighted by Crippen LogP contribution is -2.32. The lowest BCUT2D eigenvalue weighted by molar-refractivity contribution is -0.438. The number of allylic oxidation sites excluding steroid dienone is 6. The van der Waals surface area contributed by atoms with E-state index >= 15 is 0 Å². The zero-order chi connectivity index (χ0) is 41.5. The molecule has 4 rings (SSSR count). The van der Waals surface area contributed by atoms with Crippen molar-refractivity contribution in [3.05, 3.63) is 83.6 Å². The zero-order valence-electron chi connectivity index (χ0n) is 31.8. The van der Waals surface area contributed by atoms with E-state index in [0.29, 0.717) is 74.5 Å². The van der Waals surface area contributed by atoms with Crippen LogP contribution >= 0.6 is 0 Å². The van der Waals surface area contributed by atoms with Gasteiger partial charge in [-0.15, -0.1) is 0 Å². The van der Waals surface area contributed by atoms with Gasteiger partial charge in [0.1, 0.15) is 16.7 Å². The van der Waals surface area contributed by atoms with E-state index in [9.17, 15) is 43.7 Å². The quantitative estimate of drug-likeness (QED) is 0.0757. The molecule has 2 aliphatic rings. The van der Waals surface area contributed by atoms with Gasteiger partial charge in [0.2, 0.25) is 5.69 Å². The lowest BCUT2D eigenvalue weighted by Gasteiger charge is -2.30. The van der Waals surface area contributed by atoms with Gasteiger partial charge in [-0.2, -0.15) is 13.0 Å². The number of anilines is 1. The number of carboxylic acid groups (broad SMARTS) is 1. The van der Waals surface area contributed by atoms with Gasteiger partial charge >= 0.3 is 5.97 Å². The topological polar surface area (TPSA) is 231 Å². The maximum Gasteiger partial charge on any atom is 0.303 e. The minimum Gasteiger partial charge on any atom is -0.748 e. The highest BCUT2D eigenvalue weighted by Gasteiger charge is 2.48. The van der Waals surface area contributed by atoms with E-state index in [4.69, 9.17) is 14.6 Å². The Morgan fingerprint density at radius 3 is 2.14 bits per heavy atom. The van der Waals surface area contributed by atoms with Crippen LogP contribution in [-0.2, 0) is 55.5 Å². The van der Waals surface area contributed by atoms with Crippen molar-refractivity contribution in [2.24, 2.45) is 0 Å². The second kappa shape index (κ2) is 18.2. The van der Waals surface area contributed by atoms with E-state index < -0.39 is 57.8 Å². The van der Waals surface area contributed by atoms with Crippen molar-refractivity contribution in [3.63, 3.8) is 0 Å². The third kappa shape index (κ3) is 10.6. The Bertz CT molecular complexity index is 2250. The van der Waals surface area contributed by atoms with Crippen LogP contribution < -0.4 is 4.90 Å². The van der Waals surface area contributed by atoms with Gasteiger partial charge in [0.05, 0.1) is 31.9 Å². The monoisotopic (exact) mass is 837 g/mol. The first kappa shape index (κ1) is 45.0. The van der Waals surface area contributed by atoms with Gasteiger partial charge < -0.3 is 28.6 Å². The second-order valence-electron chi connectivity index (χ2n) is 14.2. The molecule has 2 aromatic rings. The van der Waals surface area contributed by atoms with Gasteiger partial charge in [-0.3, -0.25) is 9.35 Å². The number of fused-ring (bicyclic) bond motifs is 2. The molecule has 2 N–H and O–H groups in total. The van der Waals surface area contributed by atoms with Crippen LogP contribution in [0.25, 0.3) is 0 Å². The van der Waals surface area contributed by atoms with Crippen molar-refractivity contribution in [2.45, 2.75) is 79.4 Å². The third-order valence-corrected chi connectivity index (χ3v) is 12.9. The third-order valence-electron chi connectivity index (χ3n) is 10.4. The smallest absolute Gasteiger partial charge is 0.303 e. The van der Waals surface area contributed by atoms with Gasteiger partial charge in [0, 0.05) is 80.5 Å². The number of hydrogen-bond donors (Lipinski definition) is 2. The maximum atomic E-state index is 12.1. The van der Waals surface area contributed by atoms with Gasteiger partial charge in [0.15, 0.2) is 5.71 Å². The number of carboxylic acids is 1. The molecule has 0 fully saturated rings. The fraction of sp³-hybridized carbons (Fsp3) is 0.474. The number of methoxy groups -OCH3 is 2. The fourth-order valence-corrected chi connectivity index (χ4v) is 9.06. The molecule has 0 saturated carbocycles. The van der Waals surface area contributed by atoms with Gasteiger partial charge in [-0.1, -0.05) is 18.2 Å². The molecule has 2 atom stereocenters. The van der Waals surface area contributed by atoms with Crippen LogP contribution in [0.5, 0.6) is 0 Å². The molecule has 2 aliphatic heterocycles. The number of ether oxygens (including phenoxy) is 2. The molecule has 0 bridgehead atoms. The summed E-state index contributed by atoms with van der Waals surface area (Å²) in [5.41, 5.74) is 2.21. The number of hydrogen-bond acceptors (Lipinski definition) is 12. The zero-order valence-corrected chi connectivity index (χ0v) is 34.3. The van der Waals surface area contributed by atoms with Crippen molar-refractivity contribution < 1.29 is 62.9 Å². The highest BCUT2D eigenvalue weighted by molar-refractivity contribution is 7.86. The molecule has 2 heterocycles. The summed E-state index contributed by atoms with van der Waals surface area (Å²) in [5.74, 6) is -1.56. The SMILES string of the molecule is COCCN1C(=CC=CC=CC2=[N+](CCCCCC(=O)O)c3ccc(S(=O)(=O)[O-])cc3C2(C)CCCS(=O)(=O)[O-])C(C)(CCOC)c2cc(S(=O)(=O)O)ccc21. The van der Waals surface area contributed by atoms with Gasteiger partial charge in [-0.05, 0) is 87.9 Å². The van der Waals surface area contributed by atoms with Crippen molar-refractivity contribution in [2.75, 3.05) is 51.2 Å². The number of rotatable bonds is 21. The molecule has 15 nitrogen and oxygen atoms in total. The predicted molar refractivity (Wildman–Crippen MR) is 207 cm³/mol. The van der Waals surface area contributed by atoms with E-state index in [0.717, 1.165) is 11.4 Å². The van der Waals surface area contributed by atoms with Crippen LogP contribution in [0, 0.1) is 0 Å². The molecule has 18 heteroatoms. The Morgan fingerprint density at radius 1 is 0.839 bits per heavy atom. The Morgan fingerprint density at radius 2 is 1.52 bits per heavy atom. The molecule has 0 saturated heterocycles. The second-order valence-corrected chi connectivity index (χ2v) is 18.6. The minimum atomic E-state index is -4.85. The summed E-state index contributed by atoms with van der Waals surface area (Å²) in [5, 5.41) is 9.09. The highest BCUT2D eigenvalue weighted by Crippen LogP contribution is 2.50. The standard InChI is InChI=1S/C38H50N2O13S3/c1-37(19-11-25-54(43,44)45)30-26-28(55(46,47)48)15-17-32(30)39(21-10-6-9-14-36(41)42)34(37)12-7-5-8-13-35-38(2,20-23-52-3)31-27-29(56(49,50)51)16-18-33(31)40(35)22-24-53-4/h5,7-8,12-13,15-18,26-27H,6,9-11,14,19-25H2,1-4H3,(H3-,41,42,43,44,45,46,47,48,49,50,51)/p-1. The molecule has 2 unspecified atom stereocenters. The molecule has 0 aromatic heterocycles. The van der Waals surface area contributed by atoms with E-state index in [1.165, 1.54) is 30.3 Å². The minimum absolute atomic E-state index is 0.000341. The van der Waals surface area contributed by atoms with Crippen molar-refractivity contribution >= 4 is 53.4 Å². The molecular weight excluding hydrogens is 789 g/mol. The molecule has 2 aromatic carbocycles. The normalized spacial score (nSPS) is 20.8. The van der Waals surface area contributed by atoms with E-state index in [1.807, 2.05) is 22.5 Å². The van der Waals surface area contributed by atoms with E-state index in [2.05, 4.69) is 0 Å². The average Bonchev–Trinajstić information content (AvgIpc) is 3.47. The van der Waals surface area contributed by atoms with Crippen molar-refractivity contribution in [1.82, 2.24) is 0 Å². The molecule has 0 radical (unpaired) electrons. The van der Waals surface area contributed by atoms with Gasteiger partial charge in [0.25, 0.3) is 10.1 Å².